The lowest BCUT2D eigenvalue weighted by molar-refractivity contribution is 0.0159. The number of hydrogen-bond donors (Lipinski definition) is 1. The van der Waals surface area contributed by atoms with Gasteiger partial charge in [0.25, 0.3) is 0 Å². The molecule has 0 amide bonds. The van der Waals surface area contributed by atoms with E-state index in [-0.39, 0.29) is 17.3 Å². The van der Waals surface area contributed by atoms with E-state index in [1.54, 1.807) is 12.1 Å². The number of aryl methyl sites for hydroxylation is 1. The molecule has 2 aliphatic carbocycles. The van der Waals surface area contributed by atoms with E-state index in [0.717, 1.165) is 55.6 Å². The highest BCUT2D eigenvalue weighted by Crippen LogP contribution is 2.48. The molecule has 180 valence electrons. The number of aliphatic hydroxyl groups excluding tert-OH is 1. The summed E-state index contributed by atoms with van der Waals surface area (Å²) >= 11 is 7.50. The van der Waals surface area contributed by atoms with Crippen LogP contribution in [0, 0.1) is 11.8 Å². The van der Waals surface area contributed by atoms with Crippen LogP contribution in [-0.4, -0.2) is 30.5 Å². The zero-order chi connectivity index (χ0) is 23.4. The molecule has 4 nitrogen and oxygen atoms in total. The molecule has 33 heavy (non-hydrogen) atoms. The molecule has 2 saturated carbocycles. The molecule has 0 radical (unpaired) electrons. The zero-order valence-electron chi connectivity index (χ0n) is 19.0. The second-order valence-electron chi connectivity index (χ2n) is 9.40. The fourth-order valence-corrected chi connectivity index (χ4v) is 6.51. The highest BCUT2D eigenvalue weighted by molar-refractivity contribution is 7.13. The summed E-state index contributed by atoms with van der Waals surface area (Å²) in [6, 6.07) is 5.59. The molecule has 2 heterocycles. The van der Waals surface area contributed by atoms with Crippen molar-refractivity contribution in [3.63, 3.8) is 0 Å². The first-order valence-corrected chi connectivity index (χ1v) is 13.0. The van der Waals surface area contributed by atoms with Crippen LogP contribution in [0.1, 0.15) is 71.7 Å². The number of carbonyl (C=O) groups excluding carboxylic acids is 1. The van der Waals surface area contributed by atoms with Gasteiger partial charge in [-0.15, -0.1) is 11.3 Å². The van der Waals surface area contributed by atoms with Crippen molar-refractivity contribution in [3.8, 4) is 0 Å². The van der Waals surface area contributed by atoms with E-state index < -0.39 is 12.3 Å². The monoisotopic (exact) mass is 494 g/mol. The molecule has 4 atom stereocenters. The lowest BCUT2D eigenvalue weighted by Crippen LogP contribution is -2.45. The third kappa shape index (κ3) is 5.39. The number of halogens is 2. The minimum absolute atomic E-state index is 0.0958. The standard InChI is InChI=1S/C26H32ClFO4S/c1-31-25(30)22-12-10-19(33-22)6-2-5-17-9-11-21(28)20(17)7-3-8-23(29)26(13-4-14-26)24-15-18(27)16-32-24/h3,7,10,12,15-17,20-21,23,29H,2,4-6,8-9,11,13-14H2,1H3/t17-,20+,21-,23?/m0/s1. The van der Waals surface area contributed by atoms with Crippen LogP contribution in [0.3, 0.4) is 0 Å². The molecule has 0 spiro atoms. The molecule has 7 heteroatoms. The Kier molecular flexibility index (Phi) is 7.98. The van der Waals surface area contributed by atoms with Crippen molar-refractivity contribution < 1.29 is 23.4 Å². The molecule has 2 aromatic rings. The quantitative estimate of drug-likeness (QED) is 0.288. The fourth-order valence-electron chi connectivity index (χ4n) is 5.39. The van der Waals surface area contributed by atoms with Gasteiger partial charge in [0, 0.05) is 10.8 Å². The summed E-state index contributed by atoms with van der Waals surface area (Å²) in [4.78, 5) is 13.4. The lowest BCUT2D eigenvalue weighted by Gasteiger charge is -2.43. The maximum Gasteiger partial charge on any atom is 0.348 e. The van der Waals surface area contributed by atoms with Crippen LogP contribution >= 0.6 is 22.9 Å². The summed E-state index contributed by atoms with van der Waals surface area (Å²) in [7, 11) is 1.39. The largest absolute Gasteiger partial charge is 0.467 e. The molecule has 0 saturated heterocycles. The number of rotatable bonds is 10. The second-order valence-corrected chi connectivity index (χ2v) is 11.0. The van der Waals surface area contributed by atoms with E-state index in [1.165, 1.54) is 24.7 Å². The Hall–Kier alpha value is -1.63. The third-order valence-electron chi connectivity index (χ3n) is 7.48. The van der Waals surface area contributed by atoms with Gasteiger partial charge in [-0.25, -0.2) is 9.18 Å². The molecule has 2 fully saturated rings. The minimum Gasteiger partial charge on any atom is -0.467 e. The molecule has 1 N–H and O–H groups in total. The van der Waals surface area contributed by atoms with Gasteiger partial charge in [0.2, 0.25) is 0 Å². The van der Waals surface area contributed by atoms with Crippen molar-refractivity contribution in [2.45, 2.75) is 75.5 Å². The number of allylic oxidation sites excluding steroid dienone is 1. The van der Waals surface area contributed by atoms with Crippen LogP contribution < -0.4 is 0 Å². The number of aliphatic hydroxyl groups is 1. The summed E-state index contributed by atoms with van der Waals surface area (Å²) in [5, 5.41) is 11.5. The van der Waals surface area contributed by atoms with Gasteiger partial charge in [0.1, 0.15) is 23.1 Å². The fraction of sp³-hybridized carbons (Fsp3) is 0.577. The maximum atomic E-state index is 14.6. The van der Waals surface area contributed by atoms with Gasteiger partial charge in [-0.3, -0.25) is 0 Å². The van der Waals surface area contributed by atoms with E-state index in [0.29, 0.717) is 28.7 Å². The smallest absolute Gasteiger partial charge is 0.348 e. The second kappa shape index (κ2) is 10.7. The van der Waals surface area contributed by atoms with Crippen molar-refractivity contribution >= 4 is 28.9 Å². The highest BCUT2D eigenvalue weighted by atomic mass is 35.5. The summed E-state index contributed by atoms with van der Waals surface area (Å²) in [5.41, 5.74) is -0.370. The first kappa shape index (κ1) is 24.5. The van der Waals surface area contributed by atoms with Gasteiger partial charge in [0.05, 0.1) is 23.7 Å². The highest BCUT2D eigenvalue weighted by Gasteiger charge is 2.47. The third-order valence-corrected chi connectivity index (χ3v) is 8.80. The lowest BCUT2D eigenvalue weighted by atomic mass is 9.63. The van der Waals surface area contributed by atoms with Crippen molar-refractivity contribution in [1.82, 2.24) is 0 Å². The number of alkyl halides is 1. The number of carbonyl (C=O) groups is 1. The van der Waals surface area contributed by atoms with Crippen LogP contribution in [-0.2, 0) is 16.6 Å². The average molecular weight is 495 g/mol. The van der Waals surface area contributed by atoms with Crippen molar-refractivity contribution in [3.05, 3.63) is 57.2 Å². The molecule has 0 aromatic carbocycles. The van der Waals surface area contributed by atoms with Gasteiger partial charge >= 0.3 is 5.97 Å². The molecule has 1 unspecified atom stereocenters. The summed E-state index contributed by atoms with van der Waals surface area (Å²) in [6.45, 7) is 0. The van der Waals surface area contributed by atoms with E-state index in [4.69, 9.17) is 20.8 Å². The van der Waals surface area contributed by atoms with Crippen LogP contribution in [0.2, 0.25) is 5.02 Å². The first-order chi connectivity index (χ1) is 15.9. The molecule has 0 aliphatic heterocycles. The van der Waals surface area contributed by atoms with E-state index in [2.05, 4.69) is 0 Å². The van der Waals surface area contributed by atoms with E-state index in [9.17, 15) is 14.3 Å². The number of esters is 1. The maximum absolute atomic E-state index is 14.6. The Bertz CT molecular complexity index is 963. The van der Waals surface area contributed by atoms with Gasteiger partial charge in [-0.2, -0.15) is 0 Å². The minimum atomic E-state index is -0.822. The van der Waals surface area contributed by atoms with Gasteiger partial charge in [-0.1, -0.05) is 30.2 Å². The predicted octanol–water partition coefficient (Wildman–Crippen LogP) is 6.90. The van der Waals surface area contributed by atoms with Crippen LogP contribution in [0.25, 0.3) is 0 Å². The Morgan fingerprint density at radius 2 is 2.24 bits per heavy atom. The Balaban J connectivity index is 1.29. The number of furan rings is 1. The van der Waals surface area contributed by atoms with E-state index >= 15 is 0 Å². The van der Waals surface area contributed by atoms with Crippen LogP contribution in [0.5, 0.6) is 0 Å². The van der Waals surface area contributed by atoms with Crippen LogP contribution in [0.4, 0.5) is 4.39 Å². The summed E-state index contributed by atoms with van der Waals surface area (Å²) in [6.07, 6.45) is 11.7. The van der Waals surface area contributed by atoms with Gasteiger partial charge < -0.3 is 14.3 Å². The first-order valence-electron chi connectivity index (χ1n) is 11.8. The Morgan fingerprint density at radius 3 is 2.91 bits per heavy atom. The topological polar surface area (TPSA) is 59.7 Å². The van der Waals surface area contributed by atoms with Crippen molar-refractivity contribution in [1.29, 1.82) is 0 Å². The summed E-state index contributed by atoms with van der Waals surface area (Å²) < 4.78 is 25.0. The number of methoxy groups -OCH3 is 1. The normalized spacial score (nSPS) is 25.3. The number of hydrogen-bond acceptors (Lipinski definition) is 5. The molecule has 0 bridgehead atoms. The predicted molar refractivity (Wildman–Crippen MR) is 129 cm³/mol. The zero-order valence-corrected chi connectivity index (χ0v) is 20.5. The van der Waals surface area contributed by atoms with E-state index in [1.807, 2.05) is 18.2 Å². The SMILES string of the molecule is COC(=O)c1ccc(CCC[C@H]2CC[C@H](F)[C@@H]2C=CCC(O)C2(c3cc(Cl)co3)CCC2)s1. The van der Waals surface area contributed by atoms with Crippen LogP contribution in [0.15, 0.2) is 41.0 Å². The van der Waals surface area contributed by atoms with Gasteiger partial charge in [0.15, 0.2) is 0 Å². The Morgan fingerprint density at radius 1 is 1.42 bits per heavy atom. The summed E-state index contributed by atoms with van der Waals surface area (Å²) in [5.74, 6) is 0.677. The van der Waals surface area contributed by atoms with Gasteiger partial charge in [-0.05, 0) is 75.5 Å². The molecular weight excluding hydrogens is 463 g/mol. The van der Waals surface area contributed by atoms with Crippen molar-refractivity contribution in [2.75, 3.05) is 7.11 Å². The molecular formula is C26H32ClFO4S. The van der Waals surface area contributed by atoms with Crippen molar-refractivity contribution in [2.24, 2.45) is 11.8 Å². The Labute approximate surface area is 203 Å². The number of ether oxygens (including phenoxy) is 1. The average Bonchev–Trinajstić information content (AvgIpc) is 3.49. The molecule has 4 rings (SSSR count). The molecule has 2 aromatic heterocycles. The number of thiophene rings is 1. The molecule has 2 aliphatic rings.